The Kier molecular flexibility index (Phi) is 5.71. The SMILES string of the molecule is COCCN(C/C=C/c1ccccc1)Cc1ccc2nonc2c1. The number of methoxy groups -OCH3 is 1. The molecule has 0 unspecified atom stereocenters. The average Bonchev–Trinajstić information content (AvgIpc) is 3.08. The van der Waals surface area contributed by atoms with Crippen molar-refractivity contribution >= 4 is 17.1 Å². The van der Waals surface area contributed by atoms with Crippen LogP contribution in [0.3, 0.4) is 0 Å². The van der Waals surface area contributed by atoms with Crippen molar-refractivity contribution in [3.63, 3.8) is 0 Å². The molecule has 5 nitrogen and oxygen atoms in total. The molecule has 24 heavy (non-hydrogen) atoms. The molecule has 0 N–H and O–H groups in total. The van der Waals surface area contributed by atoms with Crippen LogP contribution in [0, 0.1) is 0 Å². The Hall–Kier alpha value is -2.50. The Labute approximate surface area is 141 Å². The van der Waals surface area contributed by atoms with E-state index in [-0.39, 0.29) is 0 Å². The number of hydrogen-bond donors (Lipinski definition) is 0. The Morgan fingerprint density at radius 3 is 2.75 bits per heavy atom. The van der Waals surface area contributed by atoms with Crippen LogP contribution < -0.4 is 0 Å². The molecule has 0 amide bonds. The molecule has 0 bridgehead atoms. The molecule has 2 aromatic carbocycles. The third kappa shape index (κ3) is 4.50. The highest BCUT2D eigenvalue weighted by atomic mass is 16.6. The smallest absolute Gasteiger partial charge is 0.135 e. The summed E-state index contributed by atoms with van der Waals surface area (Å²) in [5.74, 6) is 0. The van der Waals surface area contributed by atoms with Gasteiger partial charge in [-0.1, -0.05) is 48.6 Å². The molecule has 0 saturated heterocycles. The van der Waals surface area contributed by atoms with E-state index in [0.717, 1.165) is 30.7 Å². The van der Waals surface area contributed by atoms with Crippen molar-refractivity contribution in [3.8, 4) is 0 Å². The van der Waals surface area contributed by atoms with Gasteiger partial charge in [-0.3, -0.25) is 4.90 Å². The van der Waals surface area contributed by atoms with Gasteiger partial charge in [0.15, 0.2) is 0 Å². The van der Waals surface area contributed by atoms with E-state index in [1.165, 1.54) is 11.1 Å². The fraction of sp³-hybridized carbons (Fsp3) is 0.263. The lowest BCUT2D eigenvalue weighted by Crippen LogP contribution is -2.27. The number of hydrogen-bond acceptors (Lipinski definition) is 5. The van der Waals surface area contributed by atoms with Gasteiger partial charge >= 0.3 is 0 Å². The van der Waals surface area contributed by atoms with Crippen molar-refractivity contribution in [2.24, 2.45) is 0 Å². The maximum Gasteiger partial charge on any atom is 0.135 e. The van der Waals surface area contributed by atoms with Gasteiger partial charge in [-0.15, -0.1) is 0 Å². The first-order chi connectivity index (χ1) is 11.8. The fourth-order valence-corrected chi connectivity index (χ4v) is 2.54. The molecule has 124 valence electrons. The molecule has 3 aromatic rings. The van der Waals surface area contributed by atoms with Crippen molar-refractivity contribution in [2.45, 2.75) is 6.54 Å². The first-order valence-corrected chi connectivity index (χ1v) is 7.99. The van der Waals surface area contributed by atoms with E-state index >= 15 is 0 Å². The molecule has 0 aliphatic rings. The molecule has 0 saturated carbocycles. The van der Waals surface area contributed by atoms with Crippen LogP contribution in [-0.4, -0.2) is 42.0 Å². The highest BCUT2D eigenvalue weighted by Crippen LogP contribution is 2.13. The van der Waals surface area contributed by atoms with Crippen molar-refractivity contribution in [1.82, 2.24) is 15.2 Å². The van der Waals surface area contributed by atoms with Crippen LogP contribution in [0.15, 0.2) is 59.2 Å². The van der Waals surface area contributed by atoms with E-state index in [2.05, 4.69) is 45.6 Å². The fourth-order valence-electron chi connectivity index (χ4n) is 2.54. The van der Waals surface area contributed by atoms with Crippen molar-refractivity contribution in [2.75, 3.05) is 26.8 Å². The molecule has 3 rings (SSSR count). The van der Waals surface area contributed by atoms with Crippen molar-refractivity contribution < 1.29 is 9.37 Å². The lowest BCUT2D eigenvalue weighted by atomic mass is 10.2. The van der Waals surface area contributed by atoms with E-state index < -0.39 is 0 Å². The van der Waals surface area contributed by atoms with Crippen LogP contribution in [0.4, 0.5) is 0 Å². The lowest BCUT2D eigenvalue weighted by molar-refractivity contribution is 0.151. The topological polar surface area (TPSA) is 51.4 Å². The maximum atomic E-state index is 5.23. The summed E-state index contributed by atoms with van der Waals surface area (Å²) in [6.45, 7) is 3.25. The van der Waals surface area contributed by atoms with Gasteiger partial charge < -0.3 is 4.74 Å². The minimum atomic E-state index is 0.701. The van der Waals surface area contributed by atoms with E-state index in [9.17, 15) is 0 Å². The number of aromatic nitrogens is 2. The first-order valence-electron chi connectivity index (χ1n) is 7.99. The average molecular weight is 323 g/mol. The Balaban J connectivity index is 1.65. The summed E-state index contributed by atoms with van der Waals surface area (Å²) in [7, 11) is 1.73. The van der Waals surface area contributed by atoms with Gasteiger partial charge in [0.05, 0.1) is 6.61 Å². The number of nitrogens with zero attached hydrogens (tertiary/aromatic N) is 3. The molecular formula is C19H21N3O2. The Morgan fingerprint density at radius 2 is 1.92 bits per heavy atom. The molecule has 0 fully saturated rings. The quantitative estimate of drug-likeness (QED) is 0.636. The predicted octanol–water partition coefficient (Wildman–Crippen LogP) is 3.38. The van der Waals surface area contributed by atoms with Crippen LogP contribution in [0.25, 0.3) is 17.1 Å². The largest absolute Gasteiger partial charge is 0.383 e. The summed E-state index contributed by atoms with van der Waals surface area (Å²) in [6, 6.07) is 16.3. The second-order valence-corrected chi connectivity index (χ2v) is 5.63. The highest BCUT2D eigenvalue weighted by Gasteiger charge is 2.07. The van der Waals surface area contributed by atoms with Gasteiger partial charge in [0.25, 0.3) is 0 Å². The molecular weight excluding hydrogens is 302 g/mol. The standard InChI is InChI=1S/C19H21N3O2/c1-23-13-12-22(11-5-8-16-6-3-2-4-7-16)15-17-9-10-18-19(14-17)21-24-20-18/h2-10,14H,11-13,15H2,1H3/b8-5+. The summed E-state index contributed by atoms with van der Waals surface area (Å²) >= 11 is 0. The molecule has 5 heteroatoms. The van der Waals surface area contributed by atoms with Crippen molar-refractivity contribution in [3.05, 3.63) is 65.7 Å². The molecule has 0 spiro atoms. The minimum Gasteiger partial charge on any atom is -0.383 e. The van der Waals surface area contributed by atoms with Gasteiger partial charge in [0, 0.05) is 26.7 Å². The zero-order valence-electron chi connectivity index (χ0n) is 13.8. The Bertz CT molecular complexity index is 783. The van der Waals surface area contributed by atoms with Crippen molar-refractivity contribution in [1.29, 1.82) is 0 Å². The van der Waals surface area contributed by atoms with Crippen LogP contribution in [-0.2, 0) is 11.3 Å². The molecule has 1 aromatic heterocycles. The number of fused-ring (bicyclic) bond motifs is 1. The second-order valence-electron chi connectivity index (χ2n) is 5.63. The van der Waals surface area contributed by atoms with Gasteiger partial charge in [0.2, 0.25) is 0 Å². The first kappa shape index (κ1) is 16.4. The number of rotatable bonds is 8. The predicted molar refractivity (Wildman–Crippen MR) is 94.4 cm³/mol. The van der Waals surface area contributed by atoms with Gasteiger partial charge in [-0.25, -0.2) is 4.63 Å². The molecule has 1 heterocycles. The highest BCUT2D eigenvalue weighted by molar-refractivity contribution is 5.73. The van der Waals surface area contributed by atoms with Crippen LogP contribution in [0.5, 0.6) is 0 Å². The number of benzene rings is 2. The third-order valence-electron chi connectivity index (χ3n) is 3.81. The second kappa shape index (κ2) is 8.38. The molecule has 0 radical (unpaired) electrons. The lowest BCUT2D eigenvalue weighted by Gasteiger charge is -2.20. The normalized spacial score (nSPS) is 11.8. The summed E-state index contributed by atoms with van der Waals surface area (Å²) in [6.07, 6.45) is 4.33. The Morgan fingerprint density at radius 1 is 1.08 bits per heavy atom. The number of ether oxygens (including phenoxy) is 1. The maximum absolute atomic E-state index is 5.23. The molecule has 0 aliphatic carbocycles. The van der Waals surface area contributed by atoms with E-state index in [4.69, 9.17) is 9.37 Å². The van der Waals surface area contributed by atoms with E-state index in [0.29, 0.717) is 6.61 Å². The molecule has 0 aliphatic heterocycles. The van der Waals surface area contributed by atoms with Gasteiger partial charge in [-0.05, 0) is 33.6 Å². The van der Waals surface area contributed by atoms with Gasteiger partial charge in [0.1, 0.15) is 11.0 Å². The monoisotopic (exact) mass is 323 g/mol. The zero-order chi connectivity index (χ0) is 16.6. The van der Waals surface area contributed by atoms with Crippen LogP contribution in [0.1, 0.15) is 11.1 Å². The summed E-state index contributed by atoms with van der Waals surface area (Å²) in [5, 5.41) is 7.75. The van der Waals surface area contributed by atoms with E-state index in [1.807, 2.05) is 30.3 Å². The van der Waals surface area contributed by atoms with Gasteiger partial charge in [-0.2, -0.15) is 0 Å². The zero-order valence-corrected chi connectivity index (χ0v) is 13.8. The van der Waals surface area contributed by atoms with Crippen LogP contribution >= 0.6 is 0 Å². The molecule has 0 atom stereocenters. The summed E-state index contributed by atoms with van der Waals surface area (Å²) in [5.41, 5.74) is 3.96. The van der Waals surface area contributed by atoms with Crippen LogP contribution in [0.2, 0.25) is 0 Å². The van der Waals surface area contributed by atoms with E-state index in [1.54, 1.807) is 7.11 Å². The minimum absolute atomic E-state index is 0.701. The third-order valence-corrected chi connectivity index (χ3v) is 3.81. The summed E-state index contributed by atoms with van der Waals surface area (Å²) < 4.78 is 9.99. The summed E-state index contributed by atoms with van der Waals surface area (Å²) in [4.78, 5) is 2.33.